The molecule has 0 spiro atoms. The van der Waals surface area contributed by atoms with Crippen LogP contribution in [0.4, 0.5) is 10.6 Å². The van der Waals surface area contributed by atoms with E-state index in [0.29, 0.717) is 17.5 Å². The zero-order chi connectivity index (χ0) is 19.6. The van der Waals surface area contributed by atoms with Crippen molar-refractivity contribution in [1.82, 2.24) is 30.0 Å². The number of aromatic nitrogens is 5. The van der Waals surface area contributed by atoms with E-state index in [2.05, 4.69) is 30.7 Å². The van der Waals surface area contributed by atoms with Crippen molar-refractivity contribution < 1.29 is 14.3 Å². The summed E-state index contributed by atoms with van der Waals surface area (Å²) in [4.78, 5) is 36.4. The highest BCUT2D eigenvalue weighted by molar-refractivity contribution is 5.93. The van der Waals surface area contributed by atoms with Crippen molar-refractivity contribution in [2.45, 2.75) is 52.2 Å². The van der Waals surface area contributed by atoms with E-state index >= 15 is 0 Å². The Morgan fingerprint density at radius 1 is 1.22 bits per heavy atom. The molecule has 1 saturated carbocycles. The average Bonchev–Trinajstić information content (AvgIpc) is 3.30. The molecule has 0 radical (unpaired) electrons. The number of alkyl carbamates (subject to hydrolysis) is 1. The molecule has 0 aliphatic heterocycles. The fraction of sp³-hybridized carbons (Fsp3) is 0.529. The Morgan fingerprint density at radius 2 is 1.96 bits per heavy atom. The molecular formula is C17H23N7O3. The van der Waals surface area contributed by atoms with Crippen LogP contribution in [-0.4, -0.2) is 42.3 Å². The predicted molar refractivity (Wildman–Crippen MR) is 96.1 cm³/mol. The second-order valence-electron chi connectivity index (χ2n) is 7.42. The molecule has 0 aromatic carbocycles. The number of amides is 2. The Morgan fingerprint density at radius 3 is 2.63 bits per heavy atom. The second-order valence-corrected chi connectivity index (χ2v) is 7.42. The number of nitrogens with one attached hydrogen (secondary N) is 2. The number of carbonyl (C=O) groups excluding carboxylic acids is 2. The molecule has 2 heterocycles. The Kier molecular flexibility index (Phi) is 5.06. The lowest BCUT2D eigenvalue weighted by Gasteiger charge is -2.21. The maximum Gasteiger partial charge on any atom is 0.408 e. The smallest absolute Gasteiger partial charge is 0.408 e. The van der Waals surface area contributed by atoms with Crippen LogP contribution in [0.1, 0.15) is 52.4 Å². The minimum absolute atomic E-state index is 0.0431. The second kappa shape index (κ2) is 7.29. The van der Waals surface area contributed by atoms with Gasteiger partial charge in [0, 0.05) is 12.0 Å². The molecular weight excluding hydrogens is 350 g/mol. The average molecular weight is 373 g/mol. The van der Waals surface area contributed by atoms with Gasteiger partial charge in [-0.1, -0.05) is 0 Å². The van der Waals surface area contributed by atoms with Gasteiger partial charge in [-0.05, 0) is 40.5 Å². The van der Waals surface area contributed by atoms with E-state index in [-0.39, 0.29) is 11.8 Å². The Labute approximate surface area is 156 Å². The minimum atomic E-state index is -0.598. The van der Waals surface area contributed by atoms with Crippen molar-refractivity contribution in [3.8, 4) is 5.82 Å². The predicted octanol–water partition coefficient (Wildman–Crippen LogP) is 1.99. The van der Waals surface area contributed by atoms with Gasteiger partial charge in [-0.15, -0.1) is 0 Å². The highest BCUT2D eigenvalue weighted by Gasteiger charge is 2.30. The zero-order valence-corrected chi connectivity index (χ0v) is 15.8. The molecule has 0 bridgehead atoms. The molecule has 144 valence electrons. The van der Waals surface area contributed by atoms with Crippen LogP contribution in [0.15, 0.2) is 18.7 Å². The first-order valence-corrected chi connectivity index (χ1v) is 8.75. The normalized spacial score (nSPS) is 15.1. The monoisotopic (exact) mass is 373 g/mol. The maximum atomic E-state index is 12.0. The first kappa shape index (κ1) is 18.7. The number of ether oxygens (including phenoxy) is 1. The van der Waals surface area contributed by atoms with E-state index in [9.17, 15) is 9.59 Å². The van der Waals surface area contributed by atoms with Crippen LogP contribution in [0.25, 0.3) is 5.82 Å². The first-order valence-electron chi connectivity index (χ1n) is 8.75. The van der Waals surface area contributed by atoms with E-state index < -0.39 is 17.7 Å². The van der Waals surface area contributed by atoms with Crippen LogP contribution in [0, 0.1) is 5.92 Å². The van der Waals surface area contributed by atoms with Crippen LogP contribution in [0.2, 0.25) is 0 Å². The van der Waals surface area contributed by atoms with E-state index in [1.807, 2.05) is 0 Å². The molecule has 2 aromatic rings. The van der Waals surface area contributed by atoms with Gasteiger partial charge in [0.1, 0.15) is 24.1 Å². The van der Waals surface area contributed by atoms with Gasteiger partial charge >= 0.3 is 6.09 Å². The van der Waals surface area contributed by atoms with Gasteiger partial charge in [-0.2, -0.15) is 9.78 Å². The minimum Gasteiger partial charge on any atom is -0.444 e. The topological polar surface area (TPSA) is 124 Å². The summed E-state index contributed by atoms with van der Waals surface area (Å²) in [5.41, 5.74) is -0.598. The maximum absolute atomic E-state index is 12.0. The molecule has 2 amide bonds. The standard InChI is InChI=1S/C17H23N7O3/c1-10(22-16(26)27-17(2,3)4)14-20-9-21-24(14)13-7-12(18-8-19-13)23-15(25)11-5-6-11/h7-11H,5-6H2,1-4H3,(H,22,26)(H,18,19,23,25)/t10-/m0/s1. The quantitative estimate of drug-likeness (QED) is 0.821. The van der Waals surface area contributed by atoms with Crippen LogP contribution in [0.5, 0.6) is 0 Å². The van der Waals surface area contributed by atoms with Crippen molar-refractivity contribution in [1.29, 1.82) is 0 Å². The van der Waals surface area contributed by atoms with Gasteiger partial charge in [0.15, 0.2) is 11.6 Å². The largest absolute Gasteiger partial charge is 0.444 e. The Bertz CT molecular complexity index is 839. The molecule has 1 fully saturated rings. The van der Waals surface area contributed by atoms with Crippen molar-refractivity contribution in [2.75, 3.05) is 5.32 Å². The SMILES string of the molecule is C[C@H](NC(=O)OC(C)(C)C)c1ncnn1-c1cc(NC(=O)C2CC2)ncn1. The third-order valence-corrected chi connectivity index (χ3v) is 3.76. The molecule has 0 unspecified atom stereocenters. The molecule has 1 atom stereocenters. The van der Waals surface area contributed by atoms with Gasteiger partial charge in [0.2, 0.25) is 5.91 Å². The van der Waals surface area contributed by atoms with Gasteiger partial charge in [-0.25, -0.2) is 19.7 Å². The molecule has 27 heavy (non-hydrogen) atoms. The van der Waals surface area contributed by atoms with E-state index in [4.69, 9.17) is 4.74 Å². The summed E-state index contributed by atoms with van der Waals surface area (Å²) in [6, 6.07) is 1.14. The third-order valence-electron chi connectivity index (χ3n) is 3.76. The van der Waals surface area contributed by atoms with E-state index in [1.165, 1.54) is 17.3 Å². The number of rotatable bonds is 5. The zero-order valence-electron chi connectivity index (χ0n) is 15.8. The van der Waals surface area contributed by atoms with E-state index in [0.717, 1.165) is 12.8 Å². The fourth-order valence-corrected chi connectivity index (χ4v) is 2.38. The van der Waals surface area contributed by atoms with Crippen molar-refractivity contribution in [2.24, 2.45) is 5.92 Å². The molecule has 2 N–H and O–H groups in total. The Hall–Kier alpha value is -3.04. The number of carbonyl (C=O) groups is 2. The lowest BCUT2D eigenvalue weighted by Crippen LogP contribution is -2.35. The van der Waals surface area contributed by atoms with Gasteiger partial charge < -0.3 is 15.4 Å². The molecule has 1 aliphatic rings. The van der Waals surface area contributed by atoms with Crippen LogP contribution < -0.4 is 10.6 Å². The Balaban J connectivity index is 1.74. The van der Waals surface area contributed by atoms with Crippen molar-refractivity contribution in [3.63, 3.8) is 0 Å². The number of hydrogen-bond donors (Lipinski definition) is 2. The van der Waals surface area contributed by atoms with Crippen molar-refractivity contribution >= 4 is 17.8 Å². The summed E-state index contributed by atoms with van der Waals surface area (Å²) < 4.78 is 6.75. The summed E-state index contributed by atoms with van der Waals surface area (Å²) >= 11 is 0. The third kappa shape index (κ3) is 4.99. The molecule has 3 rings (SSSR count). The number of anilines is 1. The van der Waals surface area contributed by atoms with E-state index in [1.54, 1.807) is 33.8 Å². The van der Waals surface area contributed by atoms with Crippen LogP contribution in [0.3, 0.4) is 0 Å². The molecule has 10 heteroatoms. The number of nitrogens with zero attached hydrogens (tertiary/aromatic N) is 5. The lowest BCUT2D eigenvalue weighted by molar-refractivity contribution is -0.117. The number of hydrogen-bond acceptors (Lipinski definition) is 7. The van der Waals surface area contributed by atoms with Gasteiger partial charge in [0.05, 0.1) is 6.04 Å². The van der Waals surface area contributed by atoms with Gasteiger partial charge in [-0.3, -0.25) is 4.79 Å². The first-order chi connectivity index (χ1) is 12.7. The van der Waals surface area contributed by atoms with Crippen LogP contribution >= 0.6 is 0 Å². The molecule has 10 nitrogen and oxygen atoms in total. The summed E-state index contributed by atoms with van der Waals surface area (Å²) in [6.07, 6.45) is 3.97. The van der Waals surface area contributed by atoms with Gasteiger partial charge in [0.25, 0.3) is 0 Å². The summed E-state index contributed by atoms with van der Waals surface area (Å²) in [5, 5.41) is 9.66. The molecule has 0 saturated heterocycles. The van der Waals surface area contributed by atoms with Crippen LogP contribution in [-0.2, 0) is 9.53 Å². The molecule has 1 aliphatic carbocycles. The summed E-state index contributed by atoms with van der Waals surface area (Å²) in [7, 11) is 0. The summed E-state index contributed by atoms with van der Waals surface area (Å²) in [6.45, 7) is 7.13. The molecule has 2 aromatic heterocycles. The summed E-state index contributed by atoms with van der Waals surface area (Å²) in [5.74, 6) is 1.33. The highest BCUT2D eigenvalue weighted by Crippen LogP contribution is 2.30. The highest BCUT2D eigenvalue weighted by atomic mass is 16.6. The lowest BCUT2D eigenvalue weighted by atomic mass is 10.2. The van der Waals surface area contributed by atoms with Crippen molar-refractivity contribution in [3.05, 3.63) is 24.5 Å². The fourth-order valence-electron chi connectivity index (χ4n) is 2.38.